The minimum Gasteiger partial charge on any atom is -0.472 e. The number of hydrogen-bond donors (Lipinski definition) is 0. The van der Waals surface area contributed by atoms with Crippen molar-refractivity contribution in [1.82, 2.24) is 9.55 Å². The Balaban J connectivity index is 2.34. The summed E-state index contributed by atoms with van der Waals surface area (Å²) in [6.45, 7) is 0. The van der Waals surface area contributed by atoms with Crippen LogP contribution in [-0.2, 0) is 0 Å². The van der Waals surface area contributed by atoms with Crippen molar-refractivity contribution in [3.05, 3.63) is 42.9 Å². The molecule has 0 bridgehead atoms. The van der Waals surface area contributed by atoms with Gasteiger partial charge in [-0.3, -0.25) is 9.36 Å². The topological polar surface area (TPSA) is 48.0 Å². The van der Waals surface area contributed by atoms with Crippen molar-refractivity contribution >= 4 is 5.91 Å². The van der Waals surface area contributed by atoms with E-state index in [9.17, 15) is 4.79 Å². The molecule has 60 valence electrons. The SMILES string of the molecule is O=C(c1ccoc1)n1ccnc1. The van der Waals surface area contributed by atoms with Gasteiger partial charge in [-0.25, -0.2) is 4.98 Å². The maximum absolute atomic E-state index is 11.4. The summed E-state index contributed by atoms with van der Waals surface area (Å²) in [4.78, 5) is 15.2. The van der Waals surface area contributed by atoms with Gasteiger partial charge < -0.3 is 4.42 Å². The van der Waals surface area contributed by atoms with Gasteiger partial charge in [0, 0.05) is 12.4 Å². The maximum Gasteiger partial charge on any atom is 0.266 e. The summed E-state index contributed by atoms with van der Waals surface area (Å²) in [7, 11) is 0. The van der Waals surface area contributed by atoms with Crippen molar-refractivity contribution < 1.29 is 9.21 Å². The van der Waals surface area contributed by atoms with Crippen LogP contribution >= 0.6 is 0 Å². The van der Waals surface area contributed by atoms with Crippen LogP contribution < -0.4 is 0 Å². The number of aromatic nitrogens is 2. The Labute approximate surface area is 68.4 Å². The van der Waals surface area contributed by atoms with E-state index >= 15 is 0 Å². The van der Waals surface area contributed by atoms with E-state index in [0.717, 1.165) is 0 Å². The molecule has 12 heavy (non-hydrogen) atoms. The van der Waals surface area contributed by atoms with Gasteiger partial charge in [0.25, 0.3) is 5.91 Å². The summed E-state index contributed by atoms with van der Waals surface area (Å²) in [5, 5.41) is 0. The van der Waals surface area contributed by atoms with Gasteiger partial charge in [-0.1, -0.05) is 0 Å². The fourth-order valence-electron chi connectivity index (χ4n) is 0.914. The molecule has 2 aromatic rings. The third-order valence-electron chi connectivity index (χ3n) is 1.51. The van der Waals surface area contributed by atoms with Crippen molar-refractivity contribution in [2.75, 3.05) is 0 Å². The third kappa shape index (κ3) is 1.03. The summed E-state index contributed by atoms with van der Waals surface area (Å²) < 4.78 is 6.17. The lowest BCUT2D eigenvalue weighted by atomic mass is 10.3. The second kappa shape index (κ2) is 2.65. The molecule has 0 unspecified atom stereocenters. The van der Waals surface area contributed by atoms with Gasteiger partial charge in [0.1, 0.15) is 12.6 Å². The minimum atomic E-state index is -0.138. The molecular weight excluding hydrogens is 156 g/mol. The highest BCUT2D eigenvalue weighted by molar-refractivity contribution is 5.95. The molecule has 0 saturated heterocycles. The number of carbonyl (C=O) groups is 1. The summed E-state index contributed by atoms with van der Waals surface area (Å²) in [6, 6.07) is 1.61. The van der Waals surface area contributed by atoms with Gasteiger partial charge in [-0.05, 0) is 6.07 Å². The van der Waals surface area contributed by atoms with Crippen LogP contribution in [0.5, 0.6) is 0 Å². The highest BCUT2D eigenvalue weighted by Crippen LogP contribution is 2.02. The van der Waals surface area contributed by atoms with Gasteiger partial charge in [-0.15, -0.1) is 0 Å². The van der Waals surface area contributed by atoms with Crippen molar-refractivity contribution in [2.45, 2.75) is 0 Å². The third-order valence-corrected chi connectivity index (χ3v) is 1.51. The fourth-order valence-corrected chi connectivity index (χ4v) is 0.914. The molecule has 2 heterocycles. The van der Waals surface area contributed by atoms with Crippen LogP contribution in [0, 0.1) is 0 Å². The van der Waals surface area contributed by atoms with Crippen LogP contribution in [-0.4, -0.2) is 15.5 Å². The van der Waals surface area contributed by atoms with Crippen LogP contribution in [0.4, 0.5) is 0 Å². The smallest absolute Gasteiger partial charge is 0.266 e. The molecule has 0 aliphatic heterocycles. The molecule has 0 radical (unpaired) electrons. The first-order valence-corrected chi connectivity index (χ1v) is 3.43. The molecule has 0 aliphatic rings. The number of furan rings is 1. The molecule has 0 atom stereocenters. The largest absolute Gasteiger partial charge is 0.472 e. The van der Waals surface area contributed by atoms with Gasteiger partial charge in [0.15, 0.2) is 0 Å². The molecule has 0 fully saturated rings. The molecule has 0 saturated carbocycles. The summed E-state index contributed by atoms with van der Waals surface area (Å²) in [5.41, 5.74) is 0.521. The zero-order chi connectivity index (χ0) is 8.39. The number of rotatable bonds is 1. The lowest BCUT2D eigenvalue weighted by molar-refractivity contribution is 0.0959. The molecule has 2 aromatic heterocycles. The second-order valence-corrected chi connectivity index (χ2v) is 2.29. The maximum atomic E-state index is 11.4. The molecule has 2 rings (SSSR count). The predicted octanol–water partition coefficient (Wildman–Crippen LogP) is 1.16. The monoisotopic (exact) mass is 162 g/mol. The average Bonchev–Trinajstić information content (AvgIpc) is 2.77. The lowest BCUT2D eigenvalue weighted by Crippen LogP contribution is -2.07. The number of imidazole rings is 1. The highest BCUT2D eigenvalue weighted by atomic mass is 16.3. The van der Waals surface area contributed by atoms with Gasteiger partial charge in [-0.2, -0.15) is 0 Å². The van der Waals surface area contributed by atoms with E-state index in [1.165, 1.54) is 23.4 Å². The number of hydrogen-bond acceptors (Lipinski definition) is 3. The average molecular weight is 162 g/mol. The Bertz CT molecular complexity index is 325. The molecule has 0 amide bonds. The first kappa shape index (κ1) is 6.84. The molecule has 0 N–H and O–H groups in total. The van der Waals surface area contributed by atoms with Crippen molar-refractivity contribution in [3.63, 3.8) is 0 Å². The van der Waals surface area contributed by atoms with Gasteiger partial charge >= 0.3 is 0 Å². The Morgan fingerprint density at radius 3 is 3.08 bits per heavy atom. The van der Waals surface area contributed by atoms with Crippen LogP contribution in [0.1, 0.15) is 10.4 Å². The molecule has 4 nitrogen and oxygen atoms in total. The van der Waals surface area contributed by atoms with Crippen LogP contribution in [0.15, 0.2) is 41.7 Å². The summed E-state index contributed by atoms with van der Waals surface area (Å²) in [5.74, 6) is -0.138. The van der Waals surface area contributed by atoms with Crippen LogP contribution in [0.3, 0.4) is 0 Å². The van der Waals surface area contributed by atoms with Crippen molar-refractivity contribution in [2.24, 2.45) is 0 Å². The Kier molecular flexibility index (Phi) is 1.51. The normalized spacial score (nSPS) is 10.0. The zero-order valence-electron chi connectivity index (χ0n) is 6.18. The highest BCUT2D eigenvalue weighted by Gasteiger charge is 2.07. The number of nitrogens with zero attached hydrogens (tertiary/aromatic N) is 2. The molecule has 0 aliphatic carbocycles. The quantitative estimate of drug-likeness (QED) is 0.632. The Morgan fingerprint density at radius 1 is 1.58 bits per heavy atom. The lowest BCUT2D eigenvalue weighted by Gasteiger charge is -1.94. The standard InChI is InChI=1S/C8H6N2O2/c11-8(7-1-4-12-5-7)10-3-2-9-6-10/h1-6H. The fraction of sp³-hybridized carbons (Fsp3) is 0. The van der Waals surface area contributed by atoms with E-state index in [1.54, 1.807) is 18.5 Å². The van der Waals surface area contributed by atoms with Crippen LogP contribution in [0.2, 0.25) is 0 Å². The van der Waals surface area contributed by atoms with E-state index in [2.05, 4.69) is 4.98 Å². The van der Waals surface area contributed by atoms with Crippen LogP contribution in [0.25, 0.3) is 0 Å². The van der Waals surface area contributed by atoms with Crippen molar-refractivity contribution in [1.29, 1.82) is 0 Å². The zero-order valence-corrected chi connectivity index (χ0v) is 6.18. The predicted molar refractivity (Wildman–Crippen MR) is 40.7 cm³/mol. The Hall–Kier alpha value is -1.84. The van der Waals surface area contributed by atoms with E-state index in [4.69, 9.17) is 4.42 Å². The second-order valence-electron chi connectivity index (χ2n) is 2.29. The summed E-state index contributed by atoms with van der Waals surface area (Å²) >= 11 is 0. The number of carbonyl (C=O) groups excluding carboxylic acids is 1. The Morgan fingerprint density at radius 2 is 2.50 bits per heavy atom. The van der Waals surface area contributed by atoms with E-state index in [0.29, 0.717) is 5.56 Å². The molecule has 0 aromatic carbocycles. The van der Waals surface area contributed by atoms with E-state index in [-0.39, 0.29) is 5.91 Å². The molecule has 0 spiro atoms. The van der Waals surface area contributed by atoms with Crippen molar-refractivity contribution in [3.8, 4) is 0 Å². The van der Waals surface area contributed by atoms with Gasteiger partial charge in [0.2, 0.25) is 0 Å². The van der Waals surface area contributed by atoms with E-state index in [1.807, 2.05) is 0 Å². The minimum absolute atomic E-state index is 0.138. The van der Waals surface area contributed by atoms with E-state index < -0.39 is 0 Å². The molecule has 4 heteroatoms. The first-order chi connectivity index (χ1) is 5.88. The first-order valence-electron chi connectivity index (χ1n) is 3.43. The van der Waals surface area contributed by atoms with Gasteiger partial charge in [0.05, 0.1) is 11.8 Å². The summed E-state index contributed by atoms with van der Waals surface area (Å²) in [6.07, 6.45) is 7.47. The molecular formula is C8H6N2O2.